The summed E-state index contributed by atoms with van der Waals surface area (Å²) in [5, 5.41) is 4.49. The van der Waals surface area contributed by atoms with E-state index in [0.717, 1.165) is 18.8 Å². The molecule has 84 valence electrons. The van der Waals surface area contributed by atoms with Crippen molar-refractivity contribution in [2.45, 2.75) is 38.8 Å². The van der Waals surface area contributed by atoms with Gasteiger partial charge in [-0.3, -0.25) is 0 Å². The molecule has 0 aromatic carbocycles. The van der Waals surface area contributed by atoms with E-state index in [9.17, 15) is 0 Å². The van der Waals surface area contributed by atoms with Crippen LogP contribution in [0.2, 0.25) is 0 Å². The molecule has 0 spiro atoms. The van der Waals surface area contributed by atoms with E-state index in [-0.39, 0.29) is 0 Å². The van der Waals surface area contributed by atoms with Gasteiger partial charge in [-0.05, 0) is 36.8 Å². The summed E-state index contributed by atoms with van der Waals surface area (Å²) in [6.45, 7) is 8.38. The number of hydrogen-bond donors (Lipinski definition) is 1. The molecule has 0 bridgehead atoms. The molecule has 3 heteroatoms. The van der Waals surface area contributed by atoms with E-state index in [1.165, 1.54) is 22.6 Å². The van der Waals surface area contributed by atoms with E-state index in [1.54, 1.807) is 0 Å². The minimum absolute atomic E-state index is 0.920. The smallest absolute Gasteiger partial charge is 0.0989 e. The minimum atomic E-state index is 0.920. The molecule has 0 aliphatic carbocycles. The highest BCUT2D eigenvalue weighted by molar-refractivity contribution is 7.99. The van der Waals surface area contributed by atoms with Gasteiger partial charge < -0.3 is 5.32 Å². The Morgan fingerprint density at radius 1 is 1.40 bits per heavy atom. The van der Waals surface area contributed by atoms with Gasteiger partial charge in [-0.2, -0.15) is 0 Å². The molecular formula is C12H20N2S. The molecule has 1 heterocycles. The minimum Gasteiger partial charge on any atom is -0.313 e. The Labute approximate surface area is 96.9 Å². The van der Waals surface area contributed by atoms with Gasteiger partial charge in [0.1, 0.15) is 0 Å². The lowest BCUT2D eigenvalue weighted by atomic mass is 10.2. The first-order chi connectivity index (χ1) is 7.27. The summed E-state index contributed by atoms with van der Waals surface area (Å²) in [5.74, 6) is 1.15. The Bertz CT molecular complexity index is 300. The third-order valence-corrected chi connectivity index (χ3v) is 3.42. The van der Waals surface area contributed by atoms with Crippen LogP contribution in [0.3, 0.4) is 0 Å². The molecular weight excluding hydrogens is 204 g/mol. The lowest BCUT2D eigenvalue weighted by Crippen LogP contribution is -2.12. The van der Waals surface area contributed by atoms with Gasteiger partial charge in [0, 0.05) is 12.7 Å². The lowest BCUT2D eigenvalue weighted by Gasteiger charge is -2.07. The number of rotatable bonds is 6. The number of thioether (sulfide) groups is 1. The van der Waals surface area contributed by atoms with Crippen molar-refractivity contribution < 1.29 is 0 Å². The Morgan fingerprint density at radius 3 is 2.80 bits per heavy atom. The number of aromatic nitrogens is 1. The number of hydrogen-bond acceptors (Lipinski definition) is 3. The molecule has 0 unspecified atom stereocenters. The van der Waals surface area contributed by atoms with E-state index < -0.39 is 0 Å². The Morgan fingerprint density at radius 2 is 2.20 bits per heavy atom. The van der Waals surface area contributed by atoms with Crippen molar-refractivity contribution in [3.05, 3.63) is 23.4 Å². The van der Waals surface area contributed by atoms with E-state index >= 15 is 0 Å². The molecule has 2 nitrogen and oxygen atoms in total. The van der Waals surface area contributed by atoms with Crippen molar-refractivity contribution in [2.75, 3.05) is 12.3 Å². The highest BCUT2D eigenvalue weighted by Crippen LogP contribution is 2.20. The quantitative estimate of drug-likeness (QED) is 0.752. The molecule has 1 aromatic heterocycles. The summed E-state index contributed by atoms with van der Waals surface area (Å²) >= 11 is 1.85. The average Bonchev–Trinajstić information content (AvgIpc) is 2.25. The molecule has 1 rings (SSSR count). The zero-order valence-corrected chi connectivity index (χ0v) is 10.7. The second kappa shape index (κ2) is 6.85. The monoisotopic (exact) mass is 224 g/mol. The maximum absolute atomic E-state index is 4.49. The number of pyridine rings is 1. The molecule has 1 aromatic rings. The molecule has 0 radical (unpaired) electrons. The summed E-state index contributed by atoms with van der Waals surface area (Å²) in [6, 6.07) is 2.23. The van der Waals surface area contributed by atoms with Crippen LogP contribution in [0.25, 0.3) is 0 Å². The largest absolute Gasteiger partial charge is 0.313 e. The molecule has 15 heavy (non-hydrogen) atoms. The van der Waals surface area contributed by atoms with Crippen molar-refractivity contribution in [1.82, 2.24) is 10.3 Å². The van der Waals surface area contributed by atoms with E-state index in [2.05, 4.69) is 37.1 Å². The van der Waals surface area contributed by atoms with Crippen LogP contribution in [-0.2, 0) is 6.54 Å². The van der Waals surface area contributed by atoms with Crippen LogP contribution in [0.5, 0.6) is 0 Å². The van der Waals surface area contributed by atoms with Gasteiger partial charge in [-0.25, -0.2) is 4.98 Å². The van der Waals surface area contributed by atoms with Crippen molar-refractivity contribution in [1.29, 1.82) is 0 Å². The Hall–Kier alpha value is -0.540. The van der Waals surface area contributed by atoms with Gasteiger partial charge >= 0.3 is 0 Å². The first-order valence-corrected chi connectivity index (χ1v) is 6.55. The third kappa shape index (κ3) is 4.22. The fourth-order valence-electron chi connectivity index (χ4n) is 1.34. The maximum atomic E-state index is 4.49. The number of nitrogens with zero attached hydrogens (tertiary/aromatic N) is 1. The van der Waals surface area contributed by atoms with Crippen LogP contribution < -0.4 is 5.32 Å². The maximum Gasteiger partial charge on any atom is 0.0989 e. The lowest BCUT2D eigenvalue weighted by molar-refractivity contribution is 0.721. The van der Waals surface area contributed by atoms with Crippen molar-refractivity contribution in [3.8, 4) is 0 Å². The summed E-state index contributed by atoms with van der Waals surface area (Å²) in [5.41, 5.74) is 2.57. The van der Waals surface area contributed by atoms with Crippen molar-refractivity contribution in [2.24, 2.45) is 0 Å². The van der Waals surface area contributed by atoms with Gasteiger partial charge in [0.05, 0.1) is 5.03 Å². The predicted molar refractivity (Wildman–Crippen MR) is 67.4 cm³/mol. The zero-order valence-electron chi connectivity index (χ0n) is 9.84. The topological polar surface area (TPSA) is 24.9 Å². The second-order valence-corrected chi connectivity index (χ2v) is 4.68. The van der Waals surface area contributed by atoms with Crippen LogP contribution >= 0.6 is 11.8 Å². The first kappa shape index (κ1) is 12.5. The van der Waals surface area contributed by atoms with Crippen molar-refractivity contribution in [3.63, 3.8) is 0 Å². The third-order valence-electron chi connectivity index (χ3n) is 2.11. The van der Waals surface area contributed by atoms with Gasteiger partial charge in [0.25, 0.3) is 0 Å². The van der Waals surface area contributed by atoms with Crippen LogP contribution in [-0.4, -0.2) is 17.3 Å². The summed E-state index contributed by atoms with van der Waals surface area (Å²) < 4.78 is 0. The number of aryl methyl sites for hydroxylation is 1. The van der Waals surface area contributed by atoms with E-state index in [4.69, 9.17) is 0 Å². The highest BCUT2D eigenvalue weighted by Gasteiger charge is 2.01. The second-order valence-electron chi connectivity index (χ2n) is 3.59. The zero-order chi connectivity index (χ0) is 11.1. The van der Waals surface area contributed by atoms with Crippen LogP contribution in [0.1, 0.15) is 31.4 Å². The Balaban J connectivity index is 2.61. The molecule has 0 atom stereocenters. The SMILES string of the molecule is CCCSc1ncc(CNCC)cc1C. The first-order valence-electron chi connectivity index (χ1n) is 5.57. The summed E-state index contributed by atoms with van der Waals surface area (Å²) in [6.07, 6.45) is 3.18. The summed E-state index contributed by atoms with van der Waals surface area (Å²) in [7, 11) is 0. The standard InChI is InChI=1S/C12H20N2S/c1-4-6-15-12-10(3)7-11(9-14-12)8-13-5-2/h7,9,13H,4-6,8H2,1-3H3. The molecule has 0 saturated heterocycles. The van der Waals surface area contributed by atoms with E-state index in [0.29, 0.717) is 0 Å². The van der Waals surface area contributed by atoms with Crippen LogP contribution in [0.15, 0.2) is 17.3 Å². The van der Waals surface area contributed by atoms with Crippen LogP contribution in [0, 0.1) is 6.92 Å². The van der Waals surface area contributed by atoms with Crippen molar-refractivity contribution >= 4 is 11.8 Å². The average molecular weight is 224 g/mol. The van der Waals surface area contributed by atoms with E-state index in [1.807, 2.05) is 18.0 Å². The highest BCUT2D eigenvalue weighted by atomic mass is 32.2. The number of nitrogens with one attached hydrogen (secondary N) is 1. The Kier molecular flexibility index (Phi) is 5.73. The fraction of sp³-hybridized carbons (Fsp3) is 0.583. The van der Waals surface area contributed by atoms with Gasteiger partial charge in [-0.1, -0.05) is 19.9 Å². The predicted octanol–water partition coefficient (Wildman–Crippen LogP) is 3.00. The summed E-state index contributed by atoms with van der Waals surface area (Å²) in [4.78, 5) is 4.49. The molecule has 0 aliphatic rings. The van der Waals surface area contributed by atoms with Gasteiger partial charge in [0.2, 0.25) is 0 Å². The fourth-order valence-corrected chi connectivity index (χ4v) is 2.15. The van der Waals surface area contributed by atoms with Gasteiger partial charge in [-0.15, -0.1) is 11.8 Å². The molecule has 0 amide bonds. The van der Waals surface area contributed by atoms with Crippen LogP contribution in [0.4, 0.5) is 0 Å². The molecule has 1 N–H and O–H groups in total. The molecule has 0 aliphatic heterocycles. The molecule has 0 saturated carbocycles. The molecule has 0 fully saturated rings. The normalized spacial score (nSPS) is 10.6. The van der Waals surface area contributed by atoms with Gasteiger partial charge in [0.15, 0.2) is 0 Å².